The molecule has 0 saturated heterocycles. The fourth-order valence-corrected chi connectivity index (χ4v) is 4.03. The molecule has 0 aromatic carbocycles. The second-order valence-electron chi connectivity index (χ2n) is 3.63. The summed E-state index contributed by atoms with van der Waals surface area (Å²) in [7, 11) is -3.12. The molecule has 15 heavy (non-hydrogen) atoms. The van der Waals surface area contributed by atoms with Crippen LogP contribution >= 0.6 is 27.3 Å². The van der Waals surface area contributed by atoms with E-state index in [2.05, 4.69) is 15.9 Å². The van der Waals surface area contributed by atoms with Crippen LogP contribution in [0.3, 0.4) is 0 Å². The molecule has 0 unspecified atom stereocenters. The molecule has 1 aliphatic carbocycles. The highest BCUT2D eigenvalue weighted by molar-refractivity contribution is 9.10. The van der Waals surface area contributed by atoms with Crippen LogP contribution in [0.1, 0.15) is 18.4 Å². The van der Waals surface area contributed by atoms with Gasteiger partial charge in [-0.3, -0.25) is 0 Å². The predicted molar refractivity (Wildman–Crippen MR) is 65.6 cm³/mol. The summed E-state index contributed by atoms with van der Waals surface area (Å²) in [5.41, 5.74) is 1.08. The van der Waals surface area contributed by atoms with Gasteiger partial charge in [0.25, 0.3) is 0 Å². The van der Waals surface area contributed by atoms with Gasteiger partial charge < -0.3 is 0 Å². The lowest BCUT2D eigenvalue weighted by Crippen LogP contribution is -2.33. The number of sulfonamides is 1. The fraction of sp³-hybridized carbons (Fsp3) is 0.556. The number of alkyl halides is 1. The van der Waals surface area contributed by atoms with Crippen LogP contribution in [0.4, 0.5) is 0 Å². The van der Waals surface area contributed by atoms with Crippen molar-refractivity contribution in [2.24, 2.45) is 0 Å². The number of halogens is 1. The zero-order valence-electron chi connectivity index (χ0n) is 8.10. The molecule has 0 bridgehead atoms. The summed E-state index contributed by atoms with van der Waals surface area (Å²) in [6.45, 7) is 0.516. The maximum absolute atomic E-state index is 11.8. The molecule has 2 rings (SSSR count). The van der Waals surface area contributed by atoms with E-state index in [4.69, 9.17) is 0 Å². The lowest BCUT2D eigenvalue weighted by Gasteiger charge is -2.19. The van der Waals surface area contributed by atoms with E-state index in [0.29, 0.717) is 6.54 Å². The molecule has 1 heterocycles. The Hall–Kier alpha value is 0.0900. The first-order valence-corrected chi connectivity index (χ1v) is 8.37. The minimum Gasteiger partial charge on any atom is -0.211 e. The van der Waals surface area contributed by atoms with Crippen molar-refractivity contribution in [1.82, 2.24) is 4.31 Å². The quantitative estimate of drug-likeness (QED) is 0.783. The fourth-order valence-electron chi connectivity index (χ4n) is 1.44. The molecule has 0 atom stereocenters. The smallest absolute Gasteiger partial charge is 0.211 e. The van der Waals surface area contributed by atoms with Crippen molar-refractivity contribution in [3.05, 3.63) is 22.4 Å². The topological polar surface area (TPSA) is 37.4 Å². The summed E-state index contributed by atoms with van der Waals surface area (Å²) in [5.74, 6) is 0. The Balaban J connectivity index is 2.14. The van der Waals surface area contributed by atoms with Gasteiger partial charge in [0.15, 0.2) is 0 Å². The Kier molecular flexibility index (Phi) is 3.49. The van der Waals surface area contributed by atoms with Gasteiger partial charge in [-0.1, -0.05) is 15.9 Å². The van der Waals surface area contributed by atoms with Crippen molar-refractivity contribution in [3.8, 4) is 0 Å². The Labute approximate surface area is 102 Å². The summed E-state index contributed by atoms with van der Waals surface area (Å²) in [6, 6.07) is 2.21. The highest BCUT2D eigenvalue weighted by Crippen LogP contribution is 2.31. The largest absolute Gasteiger partial charge is 0.224 e. The van der Waals surface area contributed by atoms with Crippen molar-refractivity contribution in [3.63, 3.8) is 0 Å². The van der Waals surface area contributed by atoms with Crippen LogP contribution in [0.15, 0.2) is 16.8 Å². The molecular weight excluding hydrogens is 298 g/mol. The van der Waals surface area contributed by atoms with E-state index in [9.17, 15) is 8.42 Å². The van der Waals surface area contributed by atoms with Gasteiger partial charge in [0.2, 0.25) is 10.0 Å². The number of hydrogen-bond donors (Lipinski definition) is 0. The van der Waals surface area contributed by atoms with E-state index in [1.54, 1.807) is 15.6 Å². The molecule has 84 valence electrons. The van der Waals surface area contributed by atoms with Gasteiger partial charge in [-0.2, -0.15) is 15.6 Å². The van der Waals surface area contributed by atoms with Gasteiger partial charge in [0, 0.05) is 12.6 Å². The first-order valence-electron chi connectivity index (χ1n) is 4.70. The van der Waals surface area contributed by atoms with Crippen LogP contribution < -0.4 is 0 Å². The van der Waals surface area contributed by atoms with Crippen LogP contribution in [0.5, 0.6) is 0 Å². The zero-order valence-corrected chi connectivity index (χ0v) is 11.3. The average Bonchev–Trinajstić information content (AvgIpc) is 2.92. The molecule has 1 fully saturated rings. The SMILES string of the molecule is O=S(=O)(CBr)N(Cc1ccsc1)C1CC1. The van der Waals surface area contributed by atoms with Crippen molar-refractivity contribution in [1.29, 1.82) is 0 Å². The summed E-state index contributed by atoms with van der Waals surface area (Å²) in [5, 5.41) is 3.97. The molecular formula is C9H12BrNO2S2. The van der Waals surface area contributed by atoms with Crippen LogP contribution in [0.25, 0.3) is 0 Å². The molecule has 0 N–H and O–H groups in total. The standard InChI is InChI=1S/C9H12BrNO2S2/c10-7-15(12,13)11(9-1-2-9)5-8-3-4-14-6-8/h3-4,6,9H,1-2,5,7H2. The molecule has 1 aliphatic rings. The van der Waals surface area contributed by atoms with E-state index < -0.39 is 10.0 Å². The summed E-state index contributed by atoms with van der Waals surface area (Å²) in [6.07, 6.45) is 1.99. The highest BCUT2D eigenvalue weighted by atomic mass is 79.9. The van der Waals surface area contributed by atoms with Gasteiger partial charge in [-0.05, 0) is 35.2 Å². The maximum atomic E-state index is 11.8. The highest BCUT2D eigenvalue weighted by Gasteiger charge is 2.36. The Morgan fingerprint density at radius 3 is 2.73 bits per heavy atom. The molecule has 0 amide bonds. The van der Waals surface area contributed by atoms with Crippen molar-refractivity contribution in [2.45, 2.75) is 25.4 Å². The van der Waals surface area contributed by atoms with Crippen LogP contribution in [0.2, 0.25) is 0 Å². The third-order valence-corrected chi connectivity index (χ3v) is 6.25. The molecule has 1 aromatic rings. The predicted octanol–water partition coefficient (Wildman–Crippen LogP) is 2.39. The molecule has 1 saturated carbocycles. The monoisotopic (exact) mass is 309 g/mol. The number of rotatable bonds is 5. The van der Waals surface area contributed by atoms with Gasteiger partial charge in [-0.15, -0.1) is 0 Å². The van der Waals surface area contributed by atoms with Crippen molar-refractivity contribution in [2.75, 3.05) is 4.66 Å². The lowest BCUT2D eigenvalue weighted by molar-refractivity contribution is 0.402. The normalized spacial score (nSPS) is 17.2. The molecule has 0 radical (unpaired) electrons. The molecule has 1 aromatic heterocycles. The van der Waals surface area contributed by atoms with E-state index in [0.717, 1.165) is 18.4 Å². The zero-order chi connectivity index (χ0) is 10.9. The minimum absolute atomic E-state index is 0.0145. The number of hydrogen-bond acceptors (Lipinski definition) is 3. The van der Waals surface area contributed by atoms with Crippen molar-refractivity contribution >= 4 is 37.3 Å². The van der Waals surface area contributed by atoms with Crippen LogP contribution in [-0.2, 0) is 16.6 Å². The maximum Gasteiger partial charge on any atom is 0.224 e. The molecule has 3 nitrogen and oxygen atoms in total. The van der Waals surface area contributed by atoms with Gasteiger partial charge in [0.1, 0.15) is 4.66 Å². The second-order valence-corrected chi connectivity index (χ2v) is 7.63. The summed E-state index contributed by atoms with van der Waals surface area (Å²) in [4.78, 5) is 0. The second kappa shape index (κ2) is 4.53. The van der Waals surface area contributed by atoms with E-state index >= 15 is 0 Å². The Morgan fingerprint density at radius 1 is 1.53 bits per heavy atom. The van der Waals surface area contributed by atoms with Gasteiger partial charge >= 0.3 is 0 Å². The Morgan fingerprint density at radius 2 is 2.27 bits per heavy atom. The first kappa shape index (κ1) is 11.6. The van der Waals surface area contributed by atoms with Gasteiger partial charge in [0.05, 0.1) is 0 Å². The molecule has 6 heteroatoms. The van der Waals surface area contributed by atoms with Crippen molar-refractivity contribution < 1.29 is 8.42 Å². The first-order chi connectivity index (χ1) is 7.13. The van der Waals surface area contributed by atoms with E-state index in [1.807, 2.05) is 16.8 Å². The van der Waals surface area contributed by atoms with E-state index in [1.165, 1.54) is 0 Å². The average molecular weight is 310 g/mol. The third-order valence-electron chi connectivity index (χ3n) is 2.37. The number of nitrogens with zero attached hydrogens (tertiary/aromatic N) is 1. The number of thiophene rings is 1. The Bertz CT molecular complexity index is 411. The van der Waals surface area contributed by atoms with Crippen LogP contribution in [0, 0.1) is 0 Å². The molecule has 0 aliphatic heterocycles. The minimum atomic E-state index is -3.12. The summed E-state index contributed by atoms with van der Waals surface area (Å²) >= 11 is 4.64. The molecule has 0 spiro atoms. The van der Waals surface area contributed by atoms with Gasteiger partial charge in [-0.25, -0.2) is 8.42 Å². The third kappa shape index (κ3) is 2.81. The lowest BCUT2D eigenvalue weighted by atomic mass is 10.3. The van der Waals surface area contributed by atoms with Crippen LogP contribution in [-0.4, -0.2) is 23.4 Å². The van der Waals surface area contributed by atoms with E-state index in [-0.39, 0.29) is 10.7 Å². The summed E-state index contributed by atoms with van der Waals surface area (Å²) < 4.78 is 25.2.